The maximum Gasteiger partial charge on any atom is 0.220 e. The number of hydrogen-bond acceptors (Lipinski definition) is 3. The molecule has 1 amide bonds. The molecule has 5 rings (SSSR count). The molecule has 0 aromatic carbocycles. The highest BCUT2D eigenvalue weighted by atomic mass is 16.3. The van der Waals surface area contributed by atoms with Crippen molar-refractivity contribution < 1.29 is 14.7 Å². The SMILES string of the molecule is C[C@]12CCC(=O)C[C@@H]1C[C@@H](CCCCCCCC(=O)NC1CC1)[C@@H]1[C@@H]2CC[C@]2(C)[C@@H](O)CC[C@@H]12. The van der Waals surface area contributed by atoms with Gasteiger partial charge in [-0.3, -0.25) is 9.59 Å². The Balaban J connectivity index is 1.17. The number of aliphatic hydroxyl groups excluding tert-OH is 1. The molecule has 0 radical (unpaired) electrons. The van der Waals surface area contributed by atoms with Crippen molar-refractivity contribution >= 4 is 11.7 Å². The number of carbonyl (C=O) groups is 2. The zero-order valence-electron chi connectivity index (χ0n) is 21.8. The van der Waals surface area contributed by atoms with Crippen LogP contribution in [0.15, 0.2) is 0 Å². The van der Waals surface area contributed by atoms with Crippen LogP contribution in [0.2, 0.25) is 0 Å². The number of Topliss-reactive ketones (excluding diaryl/α,β-unsaturated/α-hetero) is 1. The van der Waals surface area contributed by atoms with E-state index < -0.39 is 0 Å². The first-order valence-electron chi connectivity index (χ1n) is 14.8. The molecule has 5 saturated carbocycles. The largest absolute Gasteiger partial charge is 0.393 e. The van der Waals surface area contributed by atoms with Gasteiger partial charge in [-0.05, 0) is 98.2 Å². The summed E-state index contributed by atoms with van der Waals surface area (Å²) in [5.74, 6) is 4.23. The van der Waals surface area contributed by atoms with E-state index in [-0.39, 0.29) is 17.4 Å². The highest BCUT2D eigenvalue weighted by Crippen LogP contribution is 2.67. The van der Waals surface area contributed by atoms with E-state index in [4.69, 9.17) is 0 Å². The summed E-state index contributed by atoms with van der Waals surface area (Å²) in [5, 5.41) is 14.0. The van der Waals surface area contributed by atoms with Gasteiger partial charge >= 0.3 is 0 Å². The number of fused-ring (bicyclic) bond motifs is 5. The van der Waals surface area contributed by atoms with Gasteiger partial charge in [0.15, 0.2) is 0 Å². The second-order valence-electron chi connectivity index (χ2n) is 13.5. The van der Waals surface area contributed by atoms with Crippen molar-refractivity contribution in [3.8, 4) is 0 Å². The van der Waals surface area contributed by atoms with Crippen LogP contribution in [-0.2, 0) is 9.59 Å². The number of carbonyl (C=O) groups excluding carboxylic acids is 2. The highest BCUT2D eigenvalue weighted by molar-refractivity contribution is 5.79. The molecule has 192 valence electrons. The minimum atomic E-state index is -0.116. The number of aliphatic hydroxyl groups is 1. The van der Waals surface area contributed by atoms with Crippen molar-refractivity contribution in [1.82, 2.24) is 5.32 Å². The molecule has 0 aromatic rings. The fourth-order valence-electron chi connectivity index (χ4n) is 9.24. The Morgan fingerprint density at radius 1 is 0.941 bits per heavy atom. The first kappa shape index (κ1) is 24.8. The van der Waals surface area contributed by atoms with Gasteiger partial charge in [0.1, 0.15) is 5.78 Å². The summed E-state index contributed by atoms with van der Waals surface area (Å²) in [5.41, 5.74) is 0.457. The Labute approximate surface area is 207 Å². The van der Waals surface area contributed by atoms with E-state index in [1.165, 1.54) is 64.2 Å². The molecule has 0 saturated heterocycles. The number of unbranched alkanes of at least 4 members (excludes halogenated alkanes) is 4. The third-order valence-electron chi connectivity index (χ3n) is 11.5. The third kappa shape index (κ3) is 4.74. The van der Waals surface area contributed by atoms with Crippen LogP contribution in [0.4, 0.5) is 0 Å². The Morgan fingerprint density at radius 3 is 2.47 bits per heavy atom. The van der Waals surface area contributed by atoms with Gasteiger partial charge in [0, 0.05) is 25.3 Å². The average molecular weight is 472 g/mol. The van der Waals surface area contributed by atoms with Crippen molar-refractivity contribution in [2.75, 3.05) is 0 Å². The van der Waals surface area contributed by atoms with Gasteiger partial charge in [-0.25, -0.2) is 0 Å². The summed E-state index contributed by atoms with van der Waals surface area (Å²) in [6, 6.07) is 0.482. The van der Waals surface area contributed by atoms with Gasteiger partial charge in [-0.1, -0.05) is 46.0 Å². The Hall–Kier alpha value is -0.900. The number of ketones is 1. The summed E-state index contributed by atoms with van der Waals surface area (Å²) in [6.45, 7) is 4.92. The van der Waals surface area contributed by atoms with E-state index in [1.807, 2.05) is 0 Å². The first-order valence-corrected chi connectivity index (χ1v) is 14.8. The smallest absolute Gasteiger partial charge is 0.220 e. The van der Waals surface area contributed by atoms with Crippen LogP contribution in [0, 0.1) is 40.4 Å². The molecular weight excluding hydrogens is 422 g/mol. The topological polar surface area (TPSA) is 66.4 Å². The summed E-state index contributed by atoms with van der Waals surface area (Å²) in [7, 11) is 0. The summed E-state index contributed by atoms with van der Waals surface area (Å²) >= 11 is 0. The lowest BCUT2D eigenvalue weighted by atomic mass is 9.42. The van der Waals surface area contributed by atoms with Crippen LogP contribution in [0.25, 0.3) is 0 Å². The Bertz CT molecular complexity index is 762. The lowest BCUT2D eigenvalue weighted by Crippen LogP contribution is -2.57. The van der Waals surface area contributed by atoms with Gasteiger partial charge < -0.3 is 10.4 Å². The van der Waals surface area contributed by atoms with Crippen LogP contribution < -0.4 is 5.32 Å². The van der Waals surface area contributed by atoms with E-state index >= 15 is 0 Å². The van der Waals surface area contributed by atoms with Crippen LogP contribution in [0.1, 0.15) is 123 Å². The molecule has 5 aliphatic rings. The zero-order valence-corrected chi connectivity index (χ0v) is 21.8. The monoisotopic (exact) mass is 471 g/mol. The number of hydrogen-bond donors (Lipinski definition) is 2. The maximum absolute atomic E-state index is 12.4. The second-order valence-corrected chi connectivity index (χ2v) is 13.5. The van der Waals surface area contributed by atoms with E-state index in [1.54, 1.807) is 0 Å². The lowest BCUT2D eigenvalue weighted by Gasteiger charge is -2.62. The van der Waals surface area contributed by atoms with E-state index in [2.05, 4.69) is 19.2 Å². The predicted molar refractivity (Wildman–Crippen MR) is 135 cm³/mol. The summed E-state index contributed by atoms with van der Waals surface area (Å²) in [6.07, 6.45) is 18.8. The van der Waals surface area contributed by atoms with Crippen LogP contribution in [0.5, 0.6) is 0 Å². The molecule has 5 aliphatic carbocycles. The van der Waals surface area contributed by atoms with Crippen LogP contribution in [-0.4, -0.2) is 28.9 Å². The molecule has 4 nitrogen and oxygen atoms in total. The van der Waals surface area contributed by atoms with E-state index in [0.29, 0.717) is 35.5 Å². The van der Waals surface area contributed by atoms with Crippen LogP contribution in [0.3, 0.4) is 0 Å². The fourth-order valence-corrected chi connectivity index (χ4v) is 9.24. The molecule has 0 bridgehead atoms. The molecule has 0 heterocycles. The average Bonchev–Trinajstić information content (AvgIpc) is 3.56. The third-order valence-corrected chi connectivity index (χ3v) is 11.5. The molecule has 5 fully saturated rings. The van der Waals surface area contributed by atoms with Crippen molar-refractivity contribution in [3.63, 3.8) is 0 Å². The molecule has 0 spiro atoms. The molecule has 34 heavy (non-hydrogen) atoms. The van der Waals surface area contributed by atoms with Gasteiger partial charge in [0.25, 0.3) is 0 Å². The van der Waals surface area contributed by atoms with Gasteiger partial charge in [0.2, 0.25) is 5.91 Å². The van der Waals surface area contributed by atoms with Crippen molar-refractivity contribution in [2.45, 2.75) is 135 Å². The number of rotatable bonds is 9. The van der Waals surface area contributed by atoms with Crippen LogP contribution >= 0.6 is 0 Å². The van der Waals surface area contributed by atoms with Gasteiger partial charge in [-0.2, -0.15) is 0 Å². The highest BCUT2D eigenvalue weighted by Gasteiger charge is 2.62. The number of nitrogens with one attached hydrogen (secondary N) is 1. The lowest BCUT2D eigenvalue weighted by molar-refractivity contribution is -0.156. The number of amides is 1. The summed E-state index contributed by atoms with van der Waals surface area (Å²) < 4.78 is 0. The van der Waals surface area contributed by atoms with Crippen molar-refractivity contribution in [1.29, 1.82) is 0 Å². The minimum absolute atomic E-state index is 0.116. The second kappa shape index (κ2) is 9.87. The van der Waals surface area contributed by atoms with Crippen molar-refractivity contribution in [3.05, 3.63) is 0 Å². The molecule has 0 unspecified atom stereocenters. The normalized spacial score (nSPS) is 43.7. The standard InChI is InChI=1S/C30H49NO3/c1-29-16-14-23(32)19-21(29)18-20(8-6-4-3-5-7-9-27(34)31-22-10-11-22)28-24-12-13-26(33)30(24,2)17-15-25(28)29/h20-22,24-26,28,33H,3-19H2,1-2H3,(H,31,34)/t20-,21+,24+,25+,26+,28+,29+,30+/m1/s1. The summed E-state index contributed by atoms with van der Waals surface area (Å²) in [4.78, 5) is 24.3. The van der Waals surface area contributed by atoms with E-state index in [0.717, 1.165) is 56.3 Å². The maximum atomic E-state index is 12.4. The van der Waals surface area contributed by atoms with Gasteiger partial charge in [0.05, 0.1) is 6.10 Å². The molecule has 8 atom stereocenters. The minimum Gasteiger partial charge on any atom is -0.393 e. The predicted octanol–water partition coefficient (Wildman–Crippen LogP) is 6.19. The Kier molecular flexibility index (Phi) is 7.19. The quantitative estimate of drug-likeness (QED) is 0.394. The molecular formula is C30H49NO3. The zero-order chi connectivity index (χ0) is 23.9. The molecule has 0 aromatic heterocycles. The first-order chi connectivity index (χ1) is 16.3. The van der Waals surface area contributed by atoms with E-state index in [9.17, 15) is 14.7 Å². The van der Waals surface area contributed by atoms with Gasteiger partial charge in [-0.15, -0.1) is 0 Å². The molecule has 4 heteroatoms. The van der Waals surface area contributed by atoms with Crippen molar-refractivity contribution in [2.24, 2.45) is 40.4 Å². The Morgan fingerprint density at radius 2 is 1.68 bits per heavy atom. The molecule has 0 aliphatic heterocycles. The molecule has 2 N–H and O–H groups in total. The fraction of sp³-hybridized carbons (Fsp3) is 0.933.